The summed E-state index contributed by atoms with van der Waals surface area (Å²) in [5.41, 5.74) is 9.22. The van der Waals surface area contributed by atoms with Crippen LogP contribution in [0.1, 0.15) is 0 Å². The van der Waals surface area contributed by atoms with Crippen LogP contribution in [0.3, 0.4) is 0 Å². The summed E-state index contributed by atoms with van der Waals surface area (Å²) >= 11 is 3.75. The van der Waals surface area contributed by atoms with Gasteiger partial charge in [-0.3, -0.25) is 0 Å². The van der Waals surface area contributed by atoms with Crippen LogP contribution in [0.4, 0.5) is 0 Å². The lowest BCUT2D eigenvalue weighted by Crippen LogP contribution is -1.84. The molecule has 10 aromatic rings. The SMILES string of the molecule is c1cc(-c2ccc3c(c2)oc2ccccc23)cc(-c2cccc3sc4cccc(-c5ccc6sc7ccccc7c6c5)c4c23)c1. The first-order valence-corrected chi connectivity index (χ1v) is 16.8. The molecule has 3 aromatic heterocycles. The van der Waals surface area contributed by atoms with Crippen molar-refractivity contribution in [2.75, 3.05) is 0 Å². The highest BCUT2D eigenvalue weighted by Gasteiger charge is 2.17. The molecule has 0 unspecified atom stereocenters. The van der Waals surface area contributed by atoms with Crippen molar-refractivity contribution < 1.29 is 4.42 Å². The molecule has 0 bridgehead atoms. The quantitative estimate of drug-likeness (QED) is 0.194. The van der Waals surface area contributed by atoms with E-state index in [1.165, 1.54) is 68.2 Å². The van der Waals surface area contributed by atoms with Crippen LogP contribution in [-0.2, 0) is 0 Å². The standard InChI is InChI=1S/C42H24OS2/c1-3-14-35-31(10-1)32-20-18-26(24-36(32)43-35)25-8-5-9-27(22-25)29-12-6-16-39-41(29)42-30(13-7-17-40(42)45-39)28-19-21-38-34(23-28)33-11-2-4-15-37(33)44-38/h1-24H. The van der Waals surface area contributed by atoms with Gasteiger partial charge < -0.3 is 4.42 Å². The van der Waals surface area contributed by atoms with Gasteiger partial charge in [-0.05, 0) is 88.0 Å². The van der Waals surface area contributed by atoms with Crippen LogP contribution >= 0.6 is 22.7 Å². The third-order valence-electron chi connectivity index (χ3n) is 9.10. The van der Waals surface area contributed by atoms with E-state index in [1.807, 2.05) is 34.8 Å². The molecule has 0 aliphatic heterocycles. The fourth-order valence-corrected chi connectivity index (χ4v) is 9.26. The third-order valence-corrected chi connectivity index (χ3v) is 11.4. The molecule has 0 N–H and O–H groups in total. The molecule has 3 heteroatoms. The predicted molar refractivity (Wildman–Crippen MR) is 196 cm³/mol. The van der Waals surface area contributed by atoms with Gasteiger partial charge in [-0.2, -0.15) is 0 Å². The zero-order valence-corrected chi connectivity index (χ0v) is 25.7. The Balaban J connectivity index is 1.16. The van der Waals surface area contributed by atoms with Crippen molar-refractivity contribution in [1.82, 2.24) is 0 Å². The average molecular weight is 609 g/mol. The topological polar surface area (TPSA) is 13.1 Å². The number of para-hydroxylation sites is 1. The fraction of sp³-hybridized carbons (Fsp3) is 0. The van der Waals surface area contributed by atoms with E-state index in [9.17, 15) is 0 Å². The fourth-order valence-electron chi connectivity index (χ4n) is 7.01. The van der Waals surface area contributed by atoms with Gasteiger partial charge in [0, 0.05) is 51.1 Å². The largest absolute Gasteiger partial charge is 0.456 e. The Bertz CT molecular complexity index is 2770. The van der Waals surface area contributed by atoms with Crippen LogP contribution in [0.15, 0.2) is 150 Å². The van der Waals surface area contributed by atoms with E-state index in [4.69, 9.17) is 4.42 Å². The summed E-state index contributed by atoms with van der Waals surface area (Å²) in [6.45, 7) is 0. The van der Waals surface area contributed by atoms with Gasteiger partial charge in [0.1, 0.15) is 11.2 Å². The van der Waals surface area contributed by atoms with Crippen molar-refractivity contribution >= 4 is 85.0 Å². The van der Waals surface area contributed by atoms with E-state index in [0.29, 0.717) is 0 Å². The lowest BCUT2D eigenvalue weighted by atomic mass is 9.93. The van der Waals surface area contributed by atoms with Crippen LogP contribution < -0.4 is 0 Å². The minimum Gasteiger partial charge on any atom is -0.456 e. The Kier molecular flexibility index (Phi) is 5.39. The highest BCUT2D eigenvalue weighted by Crippen LogP contribution is 2.46. The van der Waals surface area contributed by atoms with E-state index < -0.39 is 0 Å². The normalized spacial score (nSPS) is 12.0. The van der Waals surface area contributed by atoms with Gasteiger partial charge in [-0.1, -0.05) is 91.0 Å². The Labute approximate surface area is 267 Å². The van der Waals surface area contributed by atoms with Gasteiger partial charge in [0.2, 0.25) is 0 Å². The maximum Gasteiger partial charge on any atom is 0.136 e. The number of thiophene rings is 2. The zero-order chi connectivity index (χ0) is 29.5. The molecule has 0 spiro atoms. The van der Waals surface area contributed by atoms with Crippen LogP contribution in [0.25, 0.3) is 95.7 Å². The molecule has 0 aliphatic rings. The molecule has 10 rings (SSSR count). The molecule has 0 saturated carbocycles. The molecule has 0 saturated heterocycles. The third kappa shape index (κ3) is 3.85. The maximum atomic E-state index is 6.23. The minimum absolute atomic E-state index is 0.921. The Hall–Kier alpha value is -5.22. The van der Waals surface area contributed by atoms with E-state index >= 15 is 0 Å². The highest BCUT2D eigenvalue weighted by atomic mass is 32.1. The van der Waals surface area contributed by atoms with Crippen LogP contribution in [0, 0.1) is 0 Å². The van der Waals surface area contributed by atoms with Gasteiger partial charge in [0.25, 0.3) is 0 Å². The number of rotatable bonds is 3. The molecule has 0 atom stereocenters. The Morgan fingerprint density at radius 3 is 1.76 bits per heavy atom. The molecule has 3 heterocycles. The first-order chi connectivity index (χ1) is 22.3. The Morgan fingerprint density at radius 1 is 0.333 bits per heavy atom. The van der Waals surface area contributed by atoms with Crippen LogP contribution in [0.5, 0.6) is 0 Å². The van der Waals surface area contributed by atoms with Gasteiger partial charge in [-0.25, -0.2) is 0 Å². The number of fused-ring (bicyclic) bond motifs is 9. The van der Waals surface area contributed by atoms with Crippen molar-refractivity contribution in [2.45, 2.75) is 0 Å². The van der Waals surface area contributed by atoms with E-state index in [0.717, 1.165) is 27.5 Å². The second kappa shape index (κ2) is 9.64. The van der Waals surface area contributed by atoms with Gasteiger partial charge >= 0.3 is 0 Å². The van der Waals surface area contributed by atoms with Gasteiger partial charge in [-0.15, -0.1) is 22.7 Å². The molecule has 210 valence electrons. The molecular formula is C42H24OS2. The molecular weight excluding hydrogens is 585 g/mol. The zero-order valence-electron chi connectivity index (χ0n) is 24.1. The summed E-state index contributed by atoms with van der Waals surface area (Å²) in [6, 6.07) is 53.0. The molecule has 7 aromatic carbocycles. The smallest absolute Gasteiger partial charge is 0.136 e. The highest BCUT2D eigenvalue weighted by molar-refractivity contribution is 7.26. The maximum absolute atomic E-state index is 6.23. The van der Waals surface area contributed by atoms with Crippen molar-refractivity contribution in [3.8, 4) is 33.4 Å². The van der Waals surface area contributed by atoms with Crippen molar-refractivity contribution in [1.29, 1.82) is 0 Å². The molecule has 0 aliphatic carbocycles. The van der Waals surface area contributed by atoms with Gasteiger partial charge in [0.15, 0.2) is 0 Å². The first kappa shape index (κ1) is 25.1. The predicted octanol–water partition coefficient (Wildman–Crippen LogP) is 13.3. The van der Waals surface area contributed by atoms with Crippen molar-refractivity contribution in [3.05, 3.63) is 146 Å². The lowest BCUT2D eigenvalue weighted by molar-refractivity contribution is 0.669. The summed E-state index contributed by atoms with van der Waals surface area (Å²) in [7, 11) is 0. The summed E-state index contributed by atoms with van der Waals surface area (Å²) in [6.07, 6.45) is 0. The first-order valence-electron chi connectivity index (χ1n) is 15.2. The number of hydrogen-bond acceptors (Lipinski definition) is 3. The van der Waals surface area contributed by atoms with E-state index in [1.54, 1.807) is 0 Å². The molecule has 0 amide bonds. The summed E-state index contributed by atoms with van der Waals surface area (Å²) in [5, 5.41) is 7.64. The summed E-state index contributed by atoms with van der Waals surface area (Å²) in [5.74, 6) is 0. The van der Waals surface area contributed by atoms with Crippen molar-refractivity contribution in [3.63, 3.8) is 0 Å². The lowest BCUT2D eigenvalue weighted by Gasteiger charge is -2.10. The monoisotopic (exact) mass is 608 g/mol. The molecule has 1 nitrogen and oxygen atoms in total. The second-order valence-electron chi connectivity index (χ2n) is 11.7. The second-order valence-corrected chi connectivity index (χ2v) is 13.8. The number of benzene rings is 7. The Morgan fingerprint density at radius 2 is 0.911 bits per heavy atom. The molecule has 45 heavy (non-hydrogen) atoms. The number of furan rings is 1. The van der Waals surface area contributed by atoms with Gasteiger partial charge in [0.05, 0.1) is 0 Å². The molecule has 0 radical (unpaired) electrons. The van der Waals surface area contributed by atoms with Crippen LogP contribution in [-0.4, -0.2) is 0 Å². The number of hydrogen-bond donors (Lipinski definition) is 0. The summed E-state index contributed by atoms with van der Waals surface area (Å²) < 4.78 is 11.5. The molecule has 0 fully saturated rings. The van der Waals surface area contributed by atoms with Crippen molar-refractivity contribution in [2.24, 2.45) is 0 Å². The minimum atomic E-state index is 0.921. The van der Waals surface area contributed by atoms with E-state index in [2.05, 4.69) is 133 Å². The summed E-state index contributed by atoms with van der Waals surface area (Å²) in [4.78, 5) is 0. The van der Waals surface area contributed by atoms with Crippen LogP contribution in [0.2, 0.25) is 0 Å². The average Bonchev–Trinajstić information content (AvgIpc) is 3.78. The van der Waals surface area contributed by atoms with E-state index in [-0.39, 0.29) is 0 Å².